The second kappa shape index (κ2) is 5.03. The van der Waals surface area contributed by atoms with E-state index in [1.807, 2.05) is 24.4 Å². The van der Waals surface area contributed by atoms with Gasteiger partial charge in [-0.1, -0.05) is 13.8 Å². The Morgan fingerprint density at radius 3 is 3.00 bits per heavy atom. The average Bonchev–Trinajstić information content (AvgIpc) is 2.86. The number of hydrogen-bond acceptors (Lipinski definition) is 4. The van der Waals surface area contributed by atoms with E-state index >= 15 is 0 Å². The molecule has 1 saturated heterocycles. The Hall–Kier alpha value is -1.46. The molecule has 1 amide bonds. The Bertz CT molecular complexity index is 720. The molecule has 1 aromatic heterocycles. The molecule has 2 fully saturated rings. The Morgan fingerprint density at radius 1 is 1.50 bits per heavy atom. The van der Waals surface area contributed by atoms with E-state index in [4.69, 9.17) is 0 Å². The molecule has 2 aliphatic rings. The highest BCUT2D eigenvalue weighted by Gasteiger charge is 2.69. The molecular formula is C17H21N3OS. The van der Waals surface area contributed by atoms with Gasteiger partial charge in [-0.05, 0) is 48.0 Å². The van der Waals surface area contributed by atoms with E-state index in [0.717, 1.165) is 35.3 Å². The van der Waals surface area contributed by atoms with Gasteiger partial charge in [0.15, 0.2) is 0 Å². The molecule has 2 N–H and O–H groups in total. The summed E-state index contributed by atoms with van der Waals surface area (Å²) in [6.07, 6.45) is 3.00. The minimum atomic E-state index is 0.174. The quantitative estimate of drug-likeness (QED) is 0.911. The highest BCUT2D eigenvalue weighted by Crippen LogP contribution is 2.63. The number of aromatic nitrogens is 1. The molecule has 4 nitrogen and oxygen atoms in total. The maximum absolute atomic E-state index is 12.7. The van der Waals surface area contributed by atoms with Crippen molar-refractivity contribution in [3.63, 3.8) is 0 Å². The van der Waals surface area contributed by atoms with Crippen LogP contribution in [-0.2, 0) is 4.79 Å². The van der Waals surface area contributed by atoms with Crippen molar-refractivity contribution in [1.29, 1.82) is 0 Å². The van der Waals surface area contributed by atoms with Gasteiger partial charge in [0.1, 0.15) is 0 Å². The summed E-state index contributed by atoms with van der Waals surface area (Å²) in [6, 6.07) is 6.02. The fraction of sp³-hybridized carbons (Fsp3) is 0.529. The first-order chi connectivity index (χ1) is 10.6. The van der Waals surface area contributed by atoms with Crippen LogP contribution in [0.5, 0.6) is 0 Å². The number of fused-ring (bicyclic) bond motifs is 1. The second-order valence-corrected chi connectivity index (χ2v) is 7.95. The van der Waals surface area contributed by atoms with Crippen molar-refractivity contribution in [3.8, 4) is 0 Å². The summed E-state index contributed by atoms with van der Waals surface area (Å²) in [5, 5.41) is 7.57. The first kappa shape index (κ1) is 14.2. The summed E-state index contributed by atoms with van der Waals surface area (Å²) >= 11 is 1.48. The highest BCUT2D eigenvalue weighted by atomic mass is 32.1. The average molecular weight is 315 g/mol. The van der Waals surface area contributed by atoms with Crippen LogP contribution < -0.4 is 10.6 Å². The van der Waals surface area contributed by atoms with E-state index in [-0.39, 0.29) is 17.2 Å². The van der Waals surface area contributed by atoms with Crippen molar-refractivity contribution in [2.24, 2.45) is 23.2 Å². The van der Waals surface area contributed by atoms with Gasteiger partial charge in [-0.2, -0.15) is 4.37 Å². The summed E-state index contributed by atoms with van der Waals surface area (Å²) in [7, 11) is 0. The predicted octanol–water partition coefficient (Wildman–Crippen LogP) is 3.12. The van der Waals surface area contributed by atoms with Gasteiger partial charge in [-0.25, -0.2) is 0 Å². The van der Waals surface area contributed by atoms with Gasteiger partial charge in [0.2, 0.25) is 5.91 Å². The van der Waals surface area contributed by atoms with Crippen molar-refractivity contribution in [2.45, 2.75) is 20.3 Å². The maximum Gasteiger partial charge on any atom is 0.228 e. The molecule has 2 atom stereocenters. The Balaban J connectivity index is 1.49. The SMILES string of the molecule is CC(C)CC1C(C(=O)Nc2ccc3sncc3c2)C12CNC2. The molecule has 0 bridgehead atoms. The minimum absolute atomic E-state index is 0.174. The number of hydrogen-bond donors (Lipinski definition) is 2. The van der Waals surface area contributed by atoms with Crippen LogP contribution in [0.15, 0.2) is 24.4 Å². The number of carbonyl (C=O) groups excluding carboxylic acids is 1. The van der Waals surface area contributed by atoms with E-state index in [1.54, 1.807) is 0 Å². The fourth-order valence-corrected chi connectivity index (χ4v) is 4.59. The lowest BCUT2D eigenvalue weighted by Gasteiger charge is -2.29. The summed E-state index contributed by atoms with van der Waals surface area (Å²) in [5.74, 6) is 1.55. The molecule has 1 aromatic carbocycles. The van der Waals surface area contributed by atoms with E-state index in [0.29, 0.717) is 11.8 Å². The predicted molar refractivity (Wildman–Crippen MR) is 90.0 cm³/mol. The van der Waals surface area contributed by atoms with Crippen molar-refractivity contribution < 1.29 is 4.79 Å². The molecule has 1 aliphatic heterocycles. The number of nitrogens with one attached hydrogen (secondary N) is 2. The van der Waals surface area contributed by atoms with Gasteiger partial charge in [0.25, 0.3) is 0 Å². The monoisotopic (exact) mass is 315 g/mol. The normalized spacial score (nSPS) is 25.4. The van der Waals surface area contributed by atoms with Gasteiger partial charge >= 0.3 is 0 Å². The third-order valence-electron chi connectivity index (χ3n) is 5.19. The first-order valence-corrected chi connectivity index (χ1v) is 8.73. The number of nitrogens with zero attached hydrogens (tertiary/aromatic N) is 1. The van der Waals surface area contributed by atoms with E-state index in [2.05, 4.69) is 28.9 Å². The summed E-state index contributed by atoms with van der Waals surface area (Å²) in [6.45, 7) is 6.47. The van der Waals surface area contributed by atoms with Crippen LogP contribution in [0.4, 0.5) is 5.69 Å². The lowest BCUT2D eigenvalue weighted by Crippen LogP contribution is -2.47. The lowest BCUT2D eigenvalue weighted by molar-refractivity contribution is -0.118. The van der Waals surface area contributed by atoms with Gasteiger partial charge < -0.3 is 10.6 Å². The molecule has 116 valence electrons. The molecule has 2 aromatic rings. The van der Waals surface area contributed by atoms with Gasteiger partial charge in [0.05, 0.1) is 10.6 Å². The van der Waals surface area contributed by atoms with Crippen molar-refractivity contribution in [2.75, 3.05) is 18.4 Å². The first-order valence-electron chi connectivity index (χ1n) is 7.96. The molecular weight excluding hydrogens is 294 g/mol. The highest BCUT2D eigenvalue weighted by molar-refractivity contribution is 7.13. The van der Waals surface area contributed by atoms with Crippen molar-refractivity contribution >= 4 is 33.2 Å². The topological polar surface area (TPSA) is 54.0 Å². The van der Waals surface area contributed by atoms with Crippen LogP contribution in [0.3, 0.4) is 0 Å². The van der Waals surface area contributed by atoms with Crippen LogP contribution in [0, 0.1) is 23.2 Å². The van der Waals surface area contributed by atoms with Gasteiger partial charge in [0, 0.05) is 35.8 Å². The molecule has 0 radical (unpaired) electrons. The summed E-state index contributed by atoms with van der Waals surface area (Å²) in [4.78, 5) is 12.7. The Labute approximate surface area is 134 Å². The lowest BCUT2D eigenvalue weighted by atomic mass is 9.92. The van der Waals surface area contributed by atoms with E-state index < -0.39 is 0 Å². The third-order valence-corrected chi connectivity index (χ3v) is 5.97. The molecule has 1 saturated carbocycles. The van der Waals surface area contributed by atoms with Gasteiger partial charge in [-0.3, -0.25) is 4.79 Å². The minimum Gasteiger partial charge on any atom is -0.326 e. The van der Waals surface area contributed by atoms with Crippen molar-refractivity contribution in [3.05, 3.63) is 24.4 Å². The summed E-state index contributed by atoms with van der Waals surface area (Å²) in [5.41, 5.74) is 1.12. The van der Waals surface area contributed by atoms with Crippen LogP contribution in [0.1, 0.15) is 20.3 Å². The van der Waals surface area contributed by atoms with E-state index in [9.17, 15) is 4.79 Å². The molecule has 1 spiro atoms. The zero-order valence-electron chi connectivity index (χ0n) is 12.9. The van der Waals surface area contributed by atoms with Crippen LogP contribution >= 0.6 is 11.5 Å². The Kier molecular flexibility index (Phi) is 3.24. The second-order valence-electron chi connectivity index (χ2n) is 7.12. The van der Waals surface area contributed by atoms with Crippen LogP contribution in [0.25, 0.3) is 10.1 Å². The molecule has 1 aliphatic carbocycles. The number of carbonyl (C=O) groups is 1. The molecule has 5 heteroatoms. The smallest absolute Gasteiger partial charge is 0.228 e. The zero-order valence-corrected chi connectivity index (χ0v) is 13.7. The molecule has 4 rings (SSSR count). The number of anilines is 1. The Morgan fingerprint density at radius 2 is 2.32 bits per heavy atom. The summed E-state index contributed by atoms with van der Waals surface area (Å²) < 4.78 is 5.33. The molecule has 2 heterocycles. The van der Waals surface area contributed by atoms with Gasteiger partial charge in [-0.15, -0.1) is 0 Å². The van der Waals surface area contributed by atoms with Crippen LogP contribution in [-0.4, -0.2) is 23.4 Å². The number of amides is 1. The molecule has 2 unspecified atom stereocenters. The van der Waals surface area contributed by atoms with Crippen LogP contribution in [0.2, 0.25) is 0 Å². The fourth-order valence-electron chi connectivity index (χ4n) is 3.97. The number of rotatable bonds is 4. The van der Waals surface area contributed by atoms with E-state index in [1.165, 1.54) is 11.5 Å². The number of benzene rings is 1. The molecule has 22 heavy (non-hydrogen) atoms. The van der Waals surface area contributed by atoms with Crippen molar-refractivity contribution in [1.82, 2.24) is 9.69 Å². The maximum atomic E-state index is 12.7. The zero-order chi connectivity index (χ0) is 15.3. The standard InChI is InChI=1S/C17H21N3OS/c1-10(2)5-13-15(17(13)8-18-9-17)16(21)20-12-3-4-14-11(6-12)7-19-22-14/h3-4,6-7,10,13,15,18H,5,8-9H2,1-2H3,(H,20,21). The largest absolute Gasteiger partial charge is 0.326 e. The third kappa shape index (κ3) is 2.15.